The van der Waals surface area contributed by atoms with Gasteiger partial charge < -0.3 is 9.25 Å². The smallest absolute Gasteiger partial charge is 0.369 e. The molecule has 0 aliphatic heterocycles. The van der Waals surface area contributed by atoms with Gasteiger partial charge in [0.1, 0.15) is 16.8 Å². The van der Waals surface area contributed by atoms with Crippen LogP contribution < -0.4 is 0 Å². The molecule has 6 nitrogen and oxygen atoms in total. The van der Waals surface area contributed by atoms with E-state index in [2.05, 4.69) is 10.1 Å². The Morgan fingerprint density at radius 1 is 1.27 bits per heavy atom. The van der Waals surface area contributed by atoms with E-state index in [-0.39, 0.29) is 11.3 Å². The number of hydrogen-bond acceptors (Lipinski definition) is 6. The third-order valence-corrected chi connectivity index (χ3v) is 3.14. The van der Waals surface area contributed by atoms with Crippen molar-refractivity contribution in [1.29, 1.82) is 0 Å². The number of nitrogens with zero attached hydrogens (tertiary/aromatic N) is 2. The Labute approximate surface area is 125 Å². The predicted octanol–water partition coefficient (Wildman–Crippen LogP) is 2.73. The van der Waals surface area contributed by atoms with Gasteiger partial charge in [-0.2, -0.15) is 0 Å². The van der Waals surface area contributed by atoms with Gasteiger partial charge in [-0.1, -0.05) is 11.2 Å². The lowest BCUT2D eigenvalue weighted by atomic mass is 10.1. The Bertz CT molecular complexity index is 871. The van der Waals surface area contributed by atoms with Gasteiger partial charge in [-0.25, -0.2) is 9.78 Å². The second-order valence-electron chi connectivity index (χ2n) is 4.81. The van der Waals surface area contributed by atoms with Gasteiger partial charge in [0.15, 0.2) is 17.3 Å². The molecule has 0 atom stereocenters. The summed E-state index contributed by atoms with van der Waals surface area (Å²) in [6.07, 6.45) is 4.29. The first kappa shape index (κ1) is 13.9. The van der Waals surface area contributed by atoms with Crippen molar-refractivity contribution >= 4 is 28.6 Å². The quantitative estimate of drug-likeness (QED) is 0.483. The number of oxime groups is 1. The van der Waals surface area contributed by atoms with Crippen molar-refractivity contribution in [2.45, 2.75) is 13.8 Å². The molecule has 1 aliphatic rings. The Balaban J connectivity index is 1.87. The Kier molecular flexibility index (Phi) is 3.42. The lowest BCUT2D eigenvalue weighted by Crippen LogP contribution is -2.08. The molecule has 2 aromatic rings. The first-order valence-electron chi connectivity index (χ1n) is 6.61. The fourth-order valence-electron chi connectivity index (χ4n) is 2.09. The van der Waals surface area contributed by atoms with E-state index in [0.717, 1.165) is 0 Å². The van der Waals surface area contributed by atoms with Crippen LogP contribution in [0.3, 0.4) is 0 Å². The number of aromatic nitrogens is 1. The largest absolute Gasteiger partial charge is 0.440 e. The molecular weight excluding hydrogens is 284 g/mol. The number of para-hydroxylation sites is 1. The predicted molar refractivity (Wildman–Crippen MR) is 79.5 cm³/mol. The summed E-state index contributed by atoms with van der Waals surface area (Å²) in [4.78, 5) is 32.4. The summed E-state index contributed by atoms with van der Waals surface area (Å²) in [6, 6.07) is 5.02. The number of rotatable bonds is 2. The van der Waals surface area contributed by atoms with Crippen LogP contribution in [-0.2, 0) is 9.63 Å². The highest BCUT2D eigenvalue weighted by molar-refractivity contribution is 6.19. The number of aryl methyl sites for hydroxylation is 1. The molecule has 0 bridgehead atoms. The number of carbonyl (C=O) groups excluding carboxylic acids is 2. The number of hydrogen-bond donors (Lipinski definition) is 0. The van der Waals surface area contributed by atoms with E-state index in [4.69, 9.17) is 9.25 Å². The van der Waals surface area contributed by atoms with E-state index in [1.807, 2.05) is 0 Å². The van der Waals surface area contributed by atoms with Crippen LogP contribution in [0, 0.1) is 6.92 Å². The van der Waals surface area contributed by atoms with Gasteiger partial charge in [0.2, 0.25) is 0 Å². The first-order chi connectivity index (χ1) is 10.5. The molecule has 6 heteroatoms. The van der Waals surface area contributed by atoms with E-state index >= 15 is 0 Å². The Hall–Kier alpha value is -3.02. The monoisotopic (exact) mass is 296 g/mol. The molecule has 3 rings (SSSR count). The van der Waals surface area contributed by atoms with Crippen molar-refractivity contribution in [2.24, 2.45) is 5.16 Å². The maximum Gasteiger partial charge on any atom is 0.369 e. The van der Waals surface area contributed by atoms with E-state index < -0.39 is 5.97 Å². The molecule has 0 spiro atoms. The van der Waals surface area contributed by atoms with Crippen LogP contribution in [0.25, 0.3) is 11.1 Å². The zero-order valence-electron chi connectivity index (χ0n) is 12.0. The fourth-order valence-corrected chi connectivity index (χ4v) is 2.09. The summed E-state index contributed by atoms with van der Waals surface area (Å²) in [5.74, 6) is -0.300. The first-order valence-corrected chi connectivity index (χ1v) is 6.61. The standard InChI is InChI=1S/C16H12N2O4/c1-9-8-11(19)6-7-13(9)18-22-16(20)12-4-3-5-14-15(12)21-10(2)17-14/h3-8H,1-2H3/b18-13+. The molecule has 0 saturated heterocycles. The fraction of sp³-hybridized carbons (Fsp3) is 0.125. The van der Waals surface area contributed by atoms with Gasteiger partial charge in [-0.15, -0.1) is 0 Å². The molecule has 1 aromatic carbocycles. The number of benzene rings is 1. The maximum absolute atomic E-state index is 12.2. The minimum atomic E-state index is -0.646. The van der Waals surface area contributed by atoms with Crippen molar-refractivity contribution in [2.75, 3.05) is 0 Å². The van der Waals surface area contributed by atoms with Crippen LogP contribution in [-0.4, -0.2) is 22.4 Å². The van der Waals surface area contributed by atoms with Crippen LogP contribution in [0.5, 0.6) is 0 Å². The highest BCUT2D eigenvalue weighted by Gasteiger charge is 2.17. The highest BCUT2D eigenvalue weighted by Crippen LogP contribution is 2.20. The average Bonchev–Trinajstić information content (AvgIpc) is 2.86. The van der Waals surface area contributed by atoms with Gasteiger partial charge in [0.05, 0.1) is 0 Å². The molecule has 0 saturated carbocycles. The number of oxazole rings is 1. The molecule has 1 aliphatic carbocycles. The Morgan fingerprint density at radius 2 is 2.09 bits per heavy atom. The number of fused-ring (bicyclic) bond motifs is 1. The maximum atomic E-state index is 12.2. The Morgan fingerprint density at radius 3 is 2.86 bits per heavy atom. The van der Waals surface area contributed by atoms with Crippen LogP contribution in [0.2, 0.25) is 0 Å². The summed E-state index contributed by atoms with van der Waals surface area (Å²) in [7, 11) is 0. The molecule has 110 valence electrons. The minimum Gasteiger partial charge on any atom is -0.440 e. The van der Waals surface area contributed by atoms with E-state index in [1.165, 1.54) is 18.2 Å². The lowest BCUT2D eigenvalue weighted by molar-refractivity contribution is -0.110. The van der Waals surface area contributed by atoms with Crippen LogP contribution >= 0.6 is 0 Å². The van der Waals surface area contributed by atoms with Crippen LogP contribution in [0.1, 0.15) is 23.2 Å². The molecule has 22 heavy (non-hydrogen) atoms. The third-order valence-electron chi connectivity index (χ3n) is 3.14. The second kappa shape index (κ2) is 5.40. The summed E-state index contributed by atoms with van der Waals surface area (Å²) in [5.41, 5.74) is 2.26. The minimum absolute atomic E-state index is 0.121. The third kappa shape index (κ3) is 2.58. The van der Waals surface area contributed by atoms with Crippen molar-refractivity contribution in [1.82, 2.24) is 4.98 Å². The van der Waals surface area contributed by atoms with Crippen LogP contribution in [0.4, 0.5) is 0 Å². The SMILES string of the molecule is CC1=CC(=O)C=C/C1=N\OC(=O)c1cccc2nc(C)oc12. The normalized spacial score (nSPS) is 16.2. The second-order valence-corrected chi connectivity index (χ2v) is 4.81. The molecule has 1 heterocycles. The van der Waals surface area contributed by atoms with E-state index in [9.17, 15) is 9.59 Å². The zero-order chi connectivity index (χ0) is 15.7. The lowest BCUT2D eigenvalue weighted by Gasteiger charge is -2.05. The summed E-state index contributed by atoms with van der Waals surface area (Å²) >= 11 is 0. The van der Waals surface area contributed by atoms with E-state index in [0.29, 0.717) is 28.3 Å². The number of allylic oxidation sites excluding steroid dienone is 4. The molecule has 0 N–H and O–H groups in total. The van der Waals surface area contributed by atoms with Crippen molar-refractivity contribution < 1.29 is 18.8 Å². The van der Waals surface area contributed by atoms with Crippen LogP contribution in [0.15, 0.2) is 51.6 Å². The molecule has 1 aromatic heterocycles. The number of ketones is 1. The van der Waals surface area contributed by atoms with Crippen molar-refractivity contribution in [3.05, 3.63) is 53.5 Å². The molecule has 0 unspecified atom stereocenters. The van der Waals surface area contributed by atoms with Crippen molar-refractivity contribution in [3.63, 3.8) is 0 Å². The van der Waals surface area contributed by atoms with Gasteiger partial charge in [-0.3, -0.25) is 4.79 Å². The van der Waals surface area contributed by atoms with E-state index in [1.54, 1.807) is 32.0 Å². The zero-order valence-corrected chi connectivity index (χ0v) is 12.0. The van der Waals surface area contributed by atoms with Gasteiger partial charge in [-0.05, 0) is 42.9 Å². The highest BCUT2D eigenvalue weighted by atomic mass is 16.7. The molecular formula is C16H12N2O4. The number of carbonyl (C=O) groups is 2. The average molecular weight is 296 g/mol. The van der Waals surface area contributed by atoms with Gasteiger partial charge in [0.25, 0.3) is 0 Å². The summed E-state index contributed by atoms with van der Waals surface area (Å²) < 4.78 is 5.42. The topological polar surface area (TPSA) is 81.8 Å². The summed E-state index contributed by atoms with van der Waals surface area (Å²) in [6.45, 7) is 3.42. The molecule has 0 fully saturated rings. The van der Waals surface area contributed by atoms with Gasteiger partial charge >= 0.3 is 5.97 Å². The summed E-state index contributed by atoms with van der Waals surface area (Å²) in [5, 5.41) is 3.79. The molecule has 0 amide bonds. The van der Waals surface area contributed by atoms with Gasteiger partial charge in [0, 0.05) is 6.92 Å². The molecule has 0 radical (unpaired) electrons. The van der Waals surface area contributed by atoms with Crippen molar-refractivity contribution in [3.8, 4) is 0 Å².